The third-order valence-electron chi connectivity index (χ3n) is 3.15. The highest BCUT2D eigenvalue weighted by Gasteiger charge is 2.13. The SMILES string of the molecule is CC(N)CCCC(C)C(=O)NCCc1nc(C(=O)O)cs1. The van der Waals surface area contributed by atoms with Gasteiger partial charge in [0.05, 0.1) is 5.01 Å². The van der Waals surface area contributed by atoms with E-state index in [1.165, 1.54) is 16.7 Å². The zero-order chi connectivity index (χ0) is 15.8. The van der Waals surface area contributed by atoms with E-state index in [2.05, 4.69) is 10.3 Å². The van der Waals surface area contributed by atoms with Crippen molar-refractivity contribution in [2.45, 2.75) is 45.6 Å². The maximum atomic E-state index is 11.9. The van der Waals surface area contributed by atoms with E-state index in [0.29, 0.717) is 13.0 Å². The molecule has 1 rings (SSSR count). The molecule has 0 fully saturated rings. The Kier molecular flexibility index (Phi) is 7.31. The average Bonchev–Trinajstić information content (AvgIpc) is 2.87. The highest BCUT2D eigenvalue weighted by Crippen LogP contribution is 2.11. The Hall–Kier alpha value is -1.47. The molecule has 2 atom stereocenters. The third-order valence-corrected chi connectivity index (χ3v) is 4.06. The quantitative estimate of drug-likeness (QED) is 0.643. The molecule has 4 N–H and O–H groups in total. The average molecular weight is 313 g/mol. The molecule has 1 aromatic heterocycles. The first-order valence-corrected chi connectivity index (χ1v) is 7.99. The van der Waals surface area contributed by atoms with Crippen LogP contribution in [0.25, 0.3) is 0 Å². The smallest absolute Gasteiger partial charge is 0.355 e. The number of hydrogen-bond donors (Lipinski definition) is 3. The second-order valence-corrected chi connectivity index (χ2v) is 6.22. The summed E-state index contributed by atoms with van der Waals surface area (Å²) in [6.45, 7) is 4.34. The maximum absolute atomic E-state index is 11.9. The molecular formula is C14H23N3O3S. The zero-order valence-electron chi connectivity index (χ0n) is 12.5. The number of carboxylic acid groups (broad SMARTS) is 1. The summed E-state index contributed by atoms with van der Waals surface area (Å²) >= 11 is 1.30. The molecular weight excluding hydrogens is 290 g/mol. The topological polar surface area (TPSA) is 105 Å². The van der Waals surface area contributed by atoms with Crippen molar-refractivity contribution >= 4 is 23.2 Å². The molecule has 6 nitrogen and oxygen atoms in total. The molecule has 0 aliphatic rings. The van der Waals surface area contributed by atoms with Crippen LogP contribution in [0.4, 0.5) is 0 Å². The van der Waals surface area contributed by atoms with Crippen molar-refractivity contribution in [3.63, 3.8) is 0 Å². The van der Waals surface area contributed by atoms with Crippen LogP contribution in [-0.4, -0.2) is 34.6 Å². The van der Waals surface area contributed by atoms with Gasteiger partial charge in [0.1, 0.15) is 0 Å². The van der Waals surface area contributed by atoms with Crippen LogP contribution in [0.15, 0.2) is 5.38 Å². The summed E-state index contributed by atoms with van der Waals surface area (Å²) < 4.78 is 0. The van der Waals surface area contributed by atoms with Gasteiger partial charge in [-0.15, -0.1) is 11.3 Å². The number of hydrogen-bond acceptors (Lipinski definition) is 5. The van der Waals surface area contributed by atoms with Gasteiger partial charge in [-0.3, -0.25) is 4.79 Å². The van der Waals surface area contributed by atoms with Crippen molar-refractivity contribution < 1.29 is 14.7 Å². The lowest BCUT2D eigenvalue weighted by molar-refractivity contribution is -0.124. The maximum Gasteiger partial charge on any atom is 0.355 e. The highest BCUT2D eigenvalue weighted by atomic mass is 32.1. The van der Waals surface area contributed by atoms with Gasteiger partial charge in [-0.25, -0.2) is 9.78 Å². The van der Waals surface area contributed by atoms with Crippen molar-refractivity contribution in [2.75, 3.05) is 6.54 Å². The van der Waals surface area contributed by atoms with Gasteiger partial charge in [0, 0.05) is 30.3 Å². The number of aromatic nitrogens is 1. The summed E-state index contributed by atoms with van der Waals surface area (Å²) in [7, 11) is 0. The standard InChI is InChI=1S/C14H23N3O3S/c1-9(4-3-5-10(2)15)13(18)16-7-6-12-17-11(8-21-12)14(19)20/h8-10H,3-7,15H2,1-2H3,(H,16,18)(H,19,20). The Balaban J connectivity index is 2.24. The van der Waals surface area contributed by atoms with Crippen LogP contribution in [0.1, 0.15) is 48.6 Å². The minimum Gasteiger partial charge on any atom is -0.476 e. The van der Waals surface area contributed by atoms with Crippen molar-refractivity contribution in [3.8, 4) is 0 Å². The lowest BCUT2D eigenvalue weighted by Crippen LogP contribution is -2.31. The molecule has 0 bridgehead atoms. The van der Waals surface area contributed by atoms with Crippen molar-refractivity contribution in [2.24, 2.45) is 11.7 Å². The second kappa shape index (κ2) is 8.74. The van der Waals surface area contributed by atoms with Crippen LogP contribution in [0.2, 0.25) is 0 Å². The molecule has 7 heteroatoms. The number of carbonyl (C=O) groups excluding carboxylic acids is 1. The number of carbonyl (C=O) groups is 2. The van der Waals surface area contributed by atoms with E-state index < -0.39 is 5.97 Å². The summed E-state index contributed by atoms with van der Waals surface area (Å²) in [5.41, 5.74) is 5.74. The molecule has 2 unspecified atom stereocenters. The lowest BCUT2D eigenvalue weighted by atomic mass is 10.0. The molecule has 0 aromatic carbocycles. The molecule has 1 amide bonds. The van der Waals surface area contributed by atoms with Crippen molar-refractivity contribution in [1.82, 2.24) is 10.3 Å². The van der Waals surface area contributed by atoms with Gasteiger partial charge in [0.15, 0.2) is 5.69 Å². The lowest BCUT2D eigenvalue weighted by Gasteiger charge is -2.12. The number of rotatable bonds is 9. The molecule has 0 saturated heterocycles. The fourth-order valence-electron chi connectivity index (χ4n) is 1.87. The molecule has 1 heterocycles. The van der Waals surface area contributed by atoms with Crippen LogP contribution in [0.5, 0.6) is 0 Å². The van der Waals surface area contributed by atoms with E-state index >= 15 is 0 Å². The van der Waals surface area contributed by atoms with Crippen LogP contribution in [-0.2, 0) is 11.2 Å². The minimum absolute atomic E-state index is 0.0229. The predicted octanol–water partition coefficient (Wildman–Crippen LogP) is 1.65. The largest absolute Gasteiger partial charge is 0.476 e. The van der Waals surface area contributed by atoms with Gasteiger partial charge in [-0.2, -0.15) is 0 Å². The van der Waals surface area contributed by atoms with E-state index in [-0.39, 0.29) is 23.6 Å². The third kappa shape index (κ3) is 6.68. The molecule has 0 aliphatic carbocycles. The monoisotopic (exact) mass is 313 g/mol. The Morgan fingerprint density at radius 3 is 2.71 bits per heavy atom. The Bertz CT molecular complexity index is 474. The predicted molar refractivity (Wildman–Crippen MR) is 82.5 cm³/mol. The fraction of sp³-hybridized carbons (Fsp3) is 0.643. The van der Waals surface area contributed by atoms with Gasteiger partial charge >= 0.3 is 5.97 Å². The highest BCUT2D eigenvalue weighted by molar-refractivity contribution is 7.09. The molecule has 0 saturated carbocycles. The molecule has 21 heavy (non-hydrogen) atoms. The van der Waals surface area contributed by atoms with Crippen LogP contribution >= 0.6 is 11.3 Å². The summed E-state index contributed by atoms with van der Waals surface area (Å²) in [4.78, 5) is 26.5. The number of carboxylic acids is 1. The number of nitrogens with zero attached hydrogens (tertiary/aromatic N) is 1. The zero-order valence-corrected chi connectivity index (χ0v) is 13.3. The Labute approximate surface area is 128 Å². The number of aromatic carboxylic acids is 1. The van der Waals surface area contributed by atoms with E-state index in [1.54, 1.807) is 0 Å². The Morgan fingerprint density at radius 2 is 2.14 bits per heavy atom. The van der Waals surface area contributed by atoms with Gasteiger partial charge in [0.25, 0.3) is 0 Å². The number of thiazole rings is 1. The van der Waals surface area contributed by atoms with E-state index in [1.807, 2.05) is 13.8 Å². The van der Waals surface area contributed by atoms with Gasteiger partial charge in [-0.1, -0.05) is 13.3 Å². The van der Waals surface area contributed by atoms with Crippen molar-refractivity contribution in [1.29, 1.82) is 0 Å². The Morgan fingerprint density at radius 1 is 1.43 bits per heavy atom. The molecule has 118 valence electrons. The number of nitrogens with one attached hydrogen (secondary N) is 1. The van der Waals surface area contributed by atoms with Gasteiger partial charge in [0.2, 0.25) is 5.91 Å². The first-order chi connectivity index (χ1) is 9.90. The summed E-state index contributed by atoms with van der Waals surface area (Å²) in [6.07, 6.45) is 3.25. The molecule has 0 aliphatic heterocycles. The normalized spacial score (nSPS) is 13.7. The molecule has 0 radical (unpaired) electrons. The summed E-state index contributed by atoms with van der Waals surface area (Å²) in [5, 5.41) is 13.9. The molecule has 0 spiro atoms. The fourth-order valence-corrected chi connectivity index (χ4v) is 2.64. The number of amides is 1. The number of nitrogens with two attached hydrogens (primary N) is 1. The van der Waals surface area contributed by atoms with Gasteiger partial charge in [-0.05, 0) is 19.8 Å². The molecule has 1 aromatic rings. The van der Waals surface area contributed by atoms with Gasteiger partial charge < -0.3 is 16.2 Å². The minimum atomic E-state index is -1.02. The second-order valence-electron chi connectivity index (χ2n) is 5.28. The summed E-state index contributed by atoms with van der Waals surface area (Å²) in [6, 6.07) is 0.175. The van der Waals surface area contributed by atoms with Crippen molar-refractivity contribution in [3.05, 3.63) is 16.1 Å². The first kappa shape index (κ1) is 17.6. The van der Waals surface area contributed by atoms with E-state index in [9.17, 15) is 9.59 Å². The first-order valence-electron chi connectivity index (χ1n) is 7.11. The van der Waals surface area contributed by atoms with Crippen LogP contribution in [0, 0.1) is 5.92 Å². The van der Waals surface area contributed by atoms with Crippen LogP contribution < -0.4 is 11.1 Å². The van der Waals surface area contributed by atoms with Crippen LogP contribution in [0.3, 0.4) is 0 Å². The summed E-state index contributed by atoms with van der Waals surface area (Å²) in [5.74, 6) is -1.03. The van der Waals surface area contributed by atoms with E-state index in [4.69, 9.17) is 10.8 Å². The van der Waals surface area contributed by atoms with E-state index in [0.717, 1.165) is 24.3 Å².